The quantitative estimate of drug-likeness (QED) is 0.832. The summed E-state index contributed by atoms with van der Waals surface area (Å²) in [6.07, 6.45) is 0. The van der Waals surface area contributed by atoms with Crippen molar-refractivity contribution in [3.63, 3.8) is 0 Å². The predicted molar refractivity (Wildman–Crippen MR) is 105 cm³/mol. The Kier molecular flexibility index (Phi) is 5.09. The lowest BCUT2D eigenvalue weighted by molar-refractivity contribution is 0.232. The lowest BCUT2D eigenvalue weighted by Gasteiger charge is -2.30. The van der Waals surface area contributed by atoms with Crippen molar-refractivity contribution in [1.82, 2.24) is 18.8 Å². The average Bonchev–Trinajstić information content (AvgIpc) is 2.87. The van der Waals surface area contributed by atoms with E-state index >= 15 is 0 Å². The molecule has 1 aliphatic heterocycles. The summed E-state index contributed by atoms with van der Waals surface area (Å²) in [6, 6.07) is 5.89. The van der Waals surface area contributed by atoms with Crippen LogP contribution in [-0.4, -0.2) is 57.2 Å². The lowest BCUT2D eigenvalue weighted by Crippen LogP contribution is -2.41. The molecule has 0 bridgehead atoms. The third-order valence-corrected chi connectivity index (χ3v) is 5.36. The van der Waals surface area contributed by atoms with Gasteiger partial charge in [-0.25, -0.2) is 9.29 Å². The number of rotatable bonds is 2. The summed E-state index contributed by atoms with van der Waals surface area (Å²) in [5.74, 6) is 1.04. The molecule has 2 heterocycles. The SMILES string of the molecule is CN1CCN(SC(=O)Nc2ccc3nc(C(C)(C)C)n(C)c3c2)CC1. The molecule has 0 aliphatic carbocycles. The third-order valence-electron chi connectivity index (χ3n) is 4.47. The number of imidazole rings is 1. The average molecular weight is 362 g/mol. The van der Waals surface area contributed by atoms with E-state index in [9.17, 15) is 4.79 Å². The fourth-order valence-corrected chi connectivity index (χ4v) is 3.82. The molecule has 0 saturated carbocycles. The molecule has 1 aromatic carbocycles. The highest BCUT2D eigenvalue weighted by atomic mass is 32.2. The van der Waals surface area contributed by atoms with Crippen LogP contribution < -0.4 is 5.32 Å². The van der Waals surface area contributed by atoms with Gasteiger partial charge in [0, 0.05) is 56.3 Å². The van der Waals surface area contributed by atoms with Gasteiger partial charge in [-0.1, -0.05) is 20.8 Å². The smallest absolute Gasteiger partial charge is 0.298 e. The molecular formula is C18H27N5OS. The van der Waals surface area contributed by atoms with Crippen molar-refractivity contribution in [2.45, 2.75) is 26.2 Å². The number of benzene rings is 1. The number of piperazine rings is 1. The van der Waals surface area contributed by atoms with E-state index in [2.05, 4.69) is 46.9 Å². The zero-order valence-corrected chi connectivity index (χ0v) is 16.5. The lowest BCUT2D eigenvalue weighted by atomic mass is 9.96. The maximum atomic E-state index is 12.3. The number of amides is 1. The van der Waals surface area contributed by atoms with E-state index in [0.29, 0.717) is 0 Å². The number of fused-ring (bicyclic) bond motifs is 1. The first-order valence-corrected chi connectivity index (χ1v) is 9.41. The molecule has 0 spiro atoms. The van der Waals surface area contributed by atoms with Gasteiger partial charge < -0.3 is 14.8 Å². The largest absolute Gasteiger partial charge is 0.331 e. The fourth-order valence-electron chi connectivity index (χ4n) is 3.08. The monoisotopic (exact) mass is 361 g/mol. The number of aryl methyl sites for hydroxylation is 1. The van der Waals surface area contributed by atoms with Crippen LogP contribution in [0.25, 0.3) is 11.0 Å². The molecule has 2 aromatic rings. The number of carbonyl (C=O) groups excluding carboxylic acids is 1. The number of nitrogens with zero attached hydrogens (tertiary/aromatic N) is 4. The summed E-state index contributed by atoms with van der Waals surface area (Å²) in [5, 5.41) is 2.96. The van der Waals surface area contributed by atoms with Crippen LogP contribution in [0, 0.1) is 0 Å². The van der Waals surface area contributed by atoms with Crippen LogP contribution in [0.2, 0.25) is 0 Å². The summed E-state index contributed by atoms with van der Waals surface area (Å²) < 4.78 is 4.23. The number of carbonyl (C=O) groups is 1. The van der Waals surface area contributed by atoms with Gasteiger partial charge in [0.15, 0.2) is 0 Å². The normalized spacial score (nSPS) is 17.2. The van der Waals surface area contributed by atoms with Crippen LogP contribution in [0.5, 0.6) is 0 Å². The first-order valence-electron chi connectivity index (χ1n) is 8.63. The Bertz CT molecular complexity index is 772. The highest BCUT2D eigenvalue weighted by Crippen LogP contribution is 2.27. The molecule has 0 unspecified atom stereocenters. The van der Waals surface area contributed by atoms with Gasteiger partial charge in [0.2, 0.25) is 0 Å². The molecule has 1 amide bonds. The summed E-state index contributed by atoms with van der Waals surface area (Å²) in [6.45, 7) is 10.3. The molecule has 1 N–H and O–H groups in total. The highest BCUT2D eigenvalue weighted by Gasteiger charge is 2.22. The zero-order valence-electron chi connectivity index (χ0n) is 15.7. The Morgan fingerprint density at radius 3 is 2.48 bits per heavy atom. The Hall–Kier alpha value is -1.57. The second-order valence-electron chi connectivity index (χ2n) is 7.68. The first kappa shape index (κ1) is 18.2. The Morgan fingerprint density at radius 1 is 1.16 bits per heavy atom. The second-order valence-corrected chi connectivity index (χ2v) is 8.75. The number of anilines is 1. The van der Waals surface area contributed by atoms with Crippen molar-refractivity contribution in [3.8, 4) is 0 Å². The van der Waals surface area contributed by atoms with Gasteiger partial charge in [0.05, 0.1) is 11.0 Å². The van der Waals surface area contributed by atoms with E-state index < -0.39 is 0 Å². The molecule has 1 aromatic heterocycles. The molecule has 25 heavy (non-hydrogen) atoms. The maximum Gasteiger partial charge on any atom is 0.298 e. The summed E-state index contributed by atoms with van der Waals surface area (Å²) in [4.78, 5) is 19.3. The minimum absolute atomic E-state index is 0.0194. The topological polar surface area (TPSA) is 53.4 Å². The highest BCUT2D eigenvalue weighted by molar-refractivity contribution is 8.11. The summed E-state index contributed by atoms with van der Waals surface area (Å²) in [5.41, 5.74) is 2.78. The summed E-state index contributed by atoms with van der Waals surface area (Å²) in [7, 11) is 4.14. The molecule has 0 radical (unpaired) electrons. The molecule has 1 fully saturated rings. The number of hydrogen-bond acceptors (Lipinski definition) is 5. The molecular weight excluding hydrogens is 334 g/mol. The minimum atomic E-state index is -0.0397. The van der Waals surface area contributed by atoms with E-state index in [4.69, 9.17) is 4.98 Å². The van der Waals surface area contributed by atoms with Gasteiger partial charge in [0.1, 0.15) is 5.82 Å². The Labute approximate surface area is 153 Å². The van der Waals surface area contributed by atoms with Crippen molar-refractivity contribution >= 4 is 33.9 Å². The second kappa shape index (κ2) is 6.97. The summed E-state index contributed by atoms with van der Waals surface area (Å²) >= 11 is 1.27. The molecule has 0 atom stereocenters. The molecule has 3 rings (SSSR count). The Morgan fingerprint density at radius 2 is 1.84 bits per heavy atom. The van der Waals surface area contributed by atoms with E-state index in [1.165, 1.54) is 11.9 Å². The zero-order chi connectivity index (χ0) is 18.2. The number of nitrogens with one attached hydrogen (secondary N) is 1. The van der Waals surface area contributed by atoms with Crippen LogP contribution >= 0.6 is 11.9 Å². The van der Waals surface area contributed by atoms with E-state index in [1.54, 1.807) is 0 Å². The predicted octanol–water partition coefficient (Wildman–Crippen LogP) is 3.30. The van der Waals surface area contributed by atoms with Crippen molar-refractivity contribution in [2.75, 3.05) is 38.5 Å². The van der Waals surface area contributed by atoms with Crippen LogP contribution in [0.3, 0.4) is 0 Å². The van der Waals surface area contributed by atoms with E-state index in [1.807, 2.05) is 25.2 Å². The van der Waals surface area contributed by atoms with Crippen LogP contribution in [-0.2, 0) is 12.5 Å². The molecule has 1 saturated heterocycles. The van der Waals surface area contributed by atoms with E-state index in [-0.39, 0.29) is 10.7 Å². The van der Waals surface area contributed by atoms with Gasteiger partial charge in [-0.05, 0) is 25.2 Å². The Balaban J connectivity index is 1.71. The first-order chi connectivity index (χ1) is 11.7. The van der Waals surface area contributed by atoms with Crippen molar-refractivity contribution in [3.05, 3.63) is 24.0 Å². The number of aromatic nitrogens is 2. The van der Waals surface area contributed by atoms with Crippen LogP contribution in [0.15, 0.2) is 18.2 Å². The van der Waals surface area contributed by atoms with Gasteiger partial charge >= 0.3 is 0 Å². The van der Waals surface area contributed by atoms with Gasteiger partial charge in [0.25, 0.3) is 5.24 Å². The fraction of sp³-hybridized carbons (Fsp3) is 0.556. The molecule has 7 heteroatoms. The minimum Gasteiger partial charge on any atom is -0.331 e. The molecule has 6 nitrogen and oxygen atoms in total. The van der Waals surface area contributed by atoms with Gasteiger partial charge in [-0.2, -0.15) is 0 Å². The molecule has 1 aliphatic rings. The van der Waals surface area contributed by atoms with Crippen LogP contribution in [0.4, 0.5) is 10.5 Å². The van der Waals surface area contributed by atoms with Crippen molar-refractivity contribution in [1.29, 1.82) is 0 Å². The maximum absolute atomic E-state index is 12.3. The van der Waals surface area contributed by atoms with Gasteiger partial charge in [-0.15, -0.1) is 0 Å². The third kappa shape index (κ3) is 4.16. The number of hydrogen-bond donors (Lipinski definition) is 1. The van der Waals surface area contributed by atoms with Gasteiger partial charge in [-0.3, -0.25) is 4.79 Å². The number of likely N-dealkylation sites (N-methyl/N-ethyl adjacent to an activating group) is 1. The van der Waals surface area contributed by atoms with Crippen LogP contribution in [0.1, 0.15) is 26.6 Å². The molecule has 136 valence electrons. The van der Waals surface area contributed by atoms with E-state index in [0.717, 1.165) is 48.7 Å². The van der Waals surface area contributed by atoms with Crippen molar-refractivity contribution in [2.24, 2.45) is 7.05 Å². The standard InChI is InChI=1S/C18H27N5OS/c1-18(2,3)16-20-14-7-6-13(12-15(14)22(16)5)19-17(24)25-23-10-8-21(4)9-11-23/h6-7,12H,8-11H2,1-5H3,(H,19,24). The van der Waals surface area contributed by atoms with Crippen molar-refractivity contribution < 1.29 is 4.79 Å².